The average molecular weight is 301 g/mol. The van der Waals surface area contributed by atoms with E-state index in [-0.39, 0.29) is 11.6 Å². The number of anilines is 1. The third-order valence-electron chi connectivity index (χ3n) is 3.03. The maximum Gasteiger partial charge on any atom is 0.283 e. The van der Waals surface area contributed by atoms with E-state index in [0.29, 0.717) is 18.1 Å². The second-order valence-electron chi connectivity index (χ2n) is 4.67. The van der Waals surface area contributed by atoms with E-state index in [9.17, 15) is 4.79 Å². The van der Waals surface area contributed by atoms with Gasteiger partial charge in [-0.05, 0) is 24.6 Å². The van der Waals surface area contributed by atoms with Gasteiger partial charge in [-0.3, -0.25) is 10.2 Å². The third kappa shape index (κ3) is 3.70. The molecule has 0 unspecified atom stereocenters. The van der Waals surface area contributed by atoms with Crippen molar-refractivity contribution in [3.63, 3.8) is 0 Å². The quantitative estimate of drug-likeness (QED) is 0.322. The number of unbranched alkanes of at least 4 members (excludes halogenated alkanes) is 1. The van der Waals surface area contributed by atoms with E-state index in [2.05, 4.69) is 16.9 Å². The minimum absolute atomic E-state index is 0.000499. The molecular formula is C15H19N5O2. The minimum Gasteiger partial charge on any atom is -0.493 e. The Hall–Kier alpha value is -2.67. The van der Waals surface area contributed by atoms with Gasteiger partial charge in [0.25, 0.3) is 5.91 Å². The topological polar surface area (TPSA) is 116 Å². The smallest absolute Gasteiger partial charge is 0.283 e. The lowest BCUT2D eigenvalue weighted by Gasteiger charge is -2.11. The van der Waals surface area contributed by atoms with Crippen molar-refractivity contribution in [2.75, 3.05) is 12.3 Å². The molecule has 1 amide bonds. The molecule has 0 aliphatic heterocycles. The Kier molecular flexibility index (Phi) is 5.26. The molecule has 2 aromatic rings. The lowest BCUT2D eigenvalue weighted by Crippen LogP contribution is -2.31. The molecule has 7 nitrogen and oxygen atoms in total. The van der Waals surface area contributed by atoms with Gasteiger partial charge in [-0.1, -0.05) is 25.5 Å². The van der Waals surface area contributed by atoms with E-state index in [1.54, 1.807) is 0 Å². The Morgan fingerprint density at radius 3 is 2.82 bits per heavy atom. The largest absolute Gasteiger partial charge is 0.493 e. The molecule has 0 radical (unpaired) electrons. The van der Waals surface area contributed by atoms with Crippen molar-refractivity contribution < 1.29 is 9.53 Å². The number of hydrazine groups is 1. The highest BCUT2D eigenvalue weighted by Crippen LogP contribution is 2.29. The SMILES string of the molecule is CCCCOc1ccccc1-c1cc(C(=O)NN)nc(N)n1. The van der Waals surface area contributed by atoms with Crippen LogP contribution in [0.2, 0.25) is 0 Å². The molecule has 2 rings (SSSR count). The van der Waals surface area contributed by atoms with Crippen molar-refractivity contribution in [1.82, 2.24) is 15.4 Å². The number of nitrogens with zero attached hydrogens (tertiary/aromatic N) is 2. The molecule has 1 heterocycles. The Balaban J connectivity index is 2.39. The lowest BCUT2D eigenvalue weighted by atomic mass is 10.1. The number of carbonyl (C=O) groups is 1. The van der Waals surface area contributed by atoms with Crippen molar-refractivity contribution in [1.29, 1.82) is 0 Å². The van der Waals surface area contributed by atoms with E-state index >= 15 is 0 Å². The van der Waals surface area contributed by atoms with E-state index in [1.165, 1.54) is 6.07 Å². The van der Waals surface area contributed by atoms with Crippen LogP contribution >= 0.6 is 0 Å². The Morgan fingerprint density at radius 2 is 2.09 bits per heavy atom. The summed E-state index contributed by atoms with van der Waals surface area (Å²) in [6, 6.07) is 8.98. The number of carbonyl (C=O) groups excluding carboxylic acids is 1. The number of nitrogen functional groups attached to an aromatic ring is 2. The number of para-hydroxylation sites is 1. The summed E-state index contributed by atoms with van der Waals surface area (Å²) in [5, 5.41) is 0. The van der Waals surface area contributed by atoms with E-state index in [0.717, 1.165) is 18.4 Å². The standard InChI is InChI=1S/C15H19N5O2/c1-2-3-8-22-13-7-5-4-6-10(13)11-9-12(14(21)20-17)19-15(16)18-11/h4-7,9H,2-3,8,17H2,1H3,(H,20,21)(H2,16,18,19). The van der Waals surface area contributed by atoms with Crippen LogP contribution in [0, 0.1) is 0 Å². The van der Waals surface area contributed by atoms with Crippen LogP contribution in [0.3, 0.4) is 0 Å². The van der Waals surface area contributed by atoms with Gasteiger partial charge < -0.3 is 10.5 Å². The van der Waals surface area contributed by atoms with Gasteiger partial charge in [-0.2, -0.15) is 0 Å². The highest BCUT2D eigenvalue weighted by Gasteiger charge is 2.13. The molecule has 7 heteroatoms. The lowest BCUT2D eigenvalue weighted by molar-refractivity contribution is 0.0948. The minimum atomic E-state index is -0.528. The van der Waals surface area contributed by atoms with Gasteiger partial charge in [0.1, 0.15) is 11.4 Å². The number of benzene rings is 1. The van der Waals surface area contributed by atoms with Crippen LogP contribution in [0.15, 0.2) is 30.3 Å². The number of aromatic nitrogens is 2. The maximum atomic E-state index is 11.6. The van der Waals surface area contributed by atoms with E-state index in [1.807, 2.05) is 29.7 Å². The Labute approximate surface area is 128 Å². The monoisotopic (exact) mass is 301 g/mol. The third-order valence-corrected chi connectivity index (χ3v) is 3.03. The highest BCUT2D eigenvalue weighted by molar-refractivity contribution is 5.93. The molecular weight excluding hydrogens is 282 g/mol. The van der Waals surface area contributed by atoms with Crippen molar-refractivity contribution in [3.8, 4) is 17.0 Å². The number of rotatable bonds is 6. The van der Waals surface area contributed by atoms with Crippen LogP contribution in [0.4, 0.5) is 5.95 Å². The summed E-state index contributed by atoms with van der Waals surface area (Å²) in [6.07, 6.45) is 2.00. The van der Waals surface area contributed by atoms with Crippen molar-refractivity contribution in [2.24, 2.45) is 5.84 Å². The first-order chi connectivity index (χ1) is 10.7. The van der Waals surface area contributed by atoms with Gasteiger partial charge in [0.15, 0.2) is 0 Å². The summed E-state index contributed by atoms with van der Waals surface area (Å²) in [5.74, 6) is 5.29. The van der Waals surface area contributed by atoms with Crippen LogP contribution < -0.4 is 21.7 Å². The second-order valence-corrected chi connectivity index (χ2v) is 4.67. The summed E-state index contributed by atoms with van der Waals surface area (Å²) in [7, 11) is 0. The van der Waals surface area contributed by atoms with Crippen LogP contribution in [0.5, 0.6) is 5.75 Å². The highest BCUT2D eigenvalue weighted by atomic mass is 16.5. The van der Waals surface area contributed by atoms with Gasteiger partial charge in [-0.25, -0.2) is 15.8 Å². The molecule has 1 aromatic heterocycles. The average Bonchev–Trinajstić information content (AvgIpc) is 2.54. The van der Waals surface area contributed by atoms with Crippen LogP contribution in [-0.4, -0.2) is 22.5 Å². The zero-order valence-electron chi connectivity index (χ0n) is 12.4. The molecule has 0 saturated carbocycles. The van der Waals surface area contributed by atoms with Gasteiger partial charge in [0, 0.05) is 5.56 Å². The number of ether oxygens (including phenoxy) is 1. The second kappa shape index (κ2) is 7.37. The summed E-state index contributed by atoms with van der Waals surface area (Å²) in [5.41, 5.74) is 9.07. The molecule has 116 valence electrons. The molecule has 0 atom stereocenters. The number of nitrogens with two attached hydrogens (primary N) is 2. The summed E-state index contributed by atoms with van der Waals surface area (Å²) < 4.78 is 5.77. The van der Waals surface area contributed by atoms with Crippen LogP contribution in [0.1, 0.15) is 30.3 Å². The first-order valence-electron chi connectivity index (χ1n) is 7.03. The molecule has 0 saturated heterocycles. The molecule has 0 spiro atoms. The summed E-state index contributed by atoms with van der Waals surface area (Å²) >= 11 is 0. The molecule has 0 aliphatic carbocycles. The molecule has 0 aliphatic rings. The van der Waals surface area contributed by atoms with E-state index < -0.39 is 5.91 Å². The van der Waals surface area contributed by atoms with Crippen LogP contribution in [0.25, 0.3) is 11.3 Å². The van der Waals surface area contributed by atoms with E-state index in [4.69, 9.17) is 16.3 Å². The Bertz CT molecular complexity index is 660. The number of amides is 1. The number of nitrogens with one attached hydrogen (secondary N) is 1. The molecule has 0 fully saturated rings. The van der Waals surface area contributed by atoms with Crippen molar-refractivity contribution in [2.45, 2.75) is 19.8 Å². The van der Waals surface area contributed by atoms with Crippen molar-refractivity contribution >= 4 is 11.9 Å². The van der Waals surface area contributed by atoms with Crippen molar-refractivity contribution in [3.05, 3.63) is 36.0 Å². The molecule has 5 N–H and O–H groups in total. The zero-order valence-corrected chi connectivity index (χ0v) is 12.4. The number of hydrogen-bond acceptors (Lipinski definition) is 6. The Morgan fingerprint density at radius 1 is 1.32 bits per heavy atom. The zero-order chi connectivity index (χ0) is 15.9. The molecule has 22 heavy (non-hydrogen) atoms. The normalized spacial score (nSPS) is 10.3. The van der Waals surface area contributed by atoms with Gasteiger partial charge in [0.05, 0.1) is 12.3 Å². The fraction of sp³-hybridized carbons (Fsp3) is 0.267. The number of hydrogen-bond donors (Lipinski definition) is 3. The maximum absolute atomic E-state index is 11.6. The molecule has 0 bridgehead atoms. The van der Waals surface area contributed by atoms with Gasteiger partial charge in [-0.15, -0.1) is 0 Å². The first kappa shape index (κ1) is 15.7. The predicted octanol–water partition coefficient (Wildman–Crippen LogP) is 1.51. The predicted molar refractivity (Wildman–Crippen MR) is 83.9 cm³/mol. The fourth-order valence-electron chi connectivity index (χ4n) is 1.92. The van der Waals surface area contributed by atoms with Crippen LogP contribution in [-0.2, 0) is 0 Å². The fourth-order valence-corrected chi connectivity index (χ4v) is 1.92. The summed E-state index contributed by atoms with van der Waals surface area (Å²) in [6.45, 7) is 2.71. The van der Waals surface area contributed by atoms with Gasteiger partial charge in [0.2, 0.25) is 5.95 Å². The summed E-state index contributed by atoms with van der Waals surface area (Å²) in [4.78, 5) is 19.7. The van der Waals surface area contributed by atoms with Gasteiger partial charge >= 0.3 is 0 Å². The first-order valence-corrected chi connectivity index (χ1v) is 7.03. The molecule has 1 aromatic carbocycles.